The Kier molecular flexibility index (Phi) is 7.99. The van der Waals surface area contributed by atoms with Crippen molar-refractivity contribution in [3.05, 3.63) is 57.4 Å². The summed E-state index contributed by atoms with van der Waals surface area (Å²) in [5.41, 5.74) is 0.286. The van der Waals surface area contributed by atoms with Gasteiger partial charge in [0.1, 0.15) is 16.9 Å². The van der Waals surface area contributed by atoms with Crippen molar-refractivity contribution in [3.63, 3.8) is 0 Å². The van der Waals surface area contributed by atoms with Crippen LogP contribution in [0.2, 0.25) is 0 Å². The number of aryl methyl sites for hydroxylation is 1. The standard InChI is InChI=1S/C22H27NO5/c1-3-16(23-14-10-6-9-13-15-11-7-5-8-12-15)18-20(25)19(17(24)4-2)22(27)28-21(18)26/h5,7-8,11-12,25,27H,3-4,6,9-10,13-14H2,1-2H3. The van der Waals surface area contributed by atoms with Crippen LogP contribution < -0.4 is 5.63 Å². The fourth-order valence-electron chi connectivity index (χ4n) is 3.04. The molecule has 0 aliphatic carbocycles. The lowest BCUT2D eigenvalue weighted by Crippen LogP contribution is -2.17. The molecule has 0 radical (unpaired) electrons. The average molecular weight is 385 g/mol. The van der Waals surface area contributed by atoms with E-state index in [1.54, 1.807) is 13.8 Å². The summed E-state index contributed by atoms with van der Waals surface area (Å²) in [4.78, 5) is 28.5. The van der Waals surface area contributed by atoms with E-state index < -0.39 is 23.1 Å². The number of carbonyl (C=O) groups excluding carboxylic acids is 1. The fourth-order valence-corrected chi connectivity index (χ4v) is 3.04. The van der Waals surface area contributed by atoms with Gasteiger partial charge in [0.2, 0.25) is 0 Å². The summed E-state index contributed by atoms with van der Waals surface area (Å²) in [7, 11) is 0. The monoisotopic (exact) mass is 385 g/mol. The maximum Gasteiger partial charge on any atom is 0.351 e. The Hall–Kier alpha value is -2.89. The SMILES string of the molecule is CCC(=O)c1c(O)oc(=O)c(C(CC)=NCCCCCc2ccccc2)c1O. The van der Waals surface area contributed by atoms with Crippen molar-refractivity contribution in [2.75, 3.05) is 6.54 Å². The van der Waals surface area contributed by atoms with Crippen LogP contribution in [0, 0.1) is 0 Å². The molecule has 6 nitrogen and oxygen atoms in total. The summed E-state index contributed by atoms with van der Waals surface area (Å²) < 4.78 is 4.76. The van der Waals surface area contributed by atoms with Crippen LogP contribution in [0.4, 0.5) is 0 Å². The van der Waals surface area contributed by atoms with Gasteiger partial charge in [0.05, 0.1) is 5.71 Å². The Labute approximate surface area is 164 Å². The third-order valence-electron chi connectivity index (χ3n) is 4.57. The second kappa shape index (κ2) is 10.4. The highest BCUT2D eigenvalue weighted by Gasteiger charge is 2.25. The van der Waals surface area contributed by atoms with E-state index in [1.165, 1.54) is 5.56 Å². The van der Waals surface area contributed by atoms with E-state index in [9.17, 15) is 19.8 Å². The minimum atomic E-state index is -0.896. The van der Waals surface area contributed by atoms with Gasteiger partial charge in [-0.3, -0.25) is 9.79 Å². The molecule has 0 aliphatic heterocycles. The zero-order valence-electron chi connectivity index (χ0n) is 16.4. The Morgan fingerprint density at radius 3 is 2.36 bits per heavy atom. The summed E-state index contributed by atoms with van der Waals surface area (Å²) in [6.45, 7) is 3.91. The molecule has 0 atom stereocenters. The van der Waals surface area contributed by atoms with Crippen LogP contribution in [-0.4, -0.2) is 28.3 Å². The molecule has 0 spiro atoms. The van der Waals surface area contributed by atoms with Crippen LogP contribution in [0.3, 0.4) is 0 Å². The molecule has 0 bridgehead atoms. The van der Waals surface area contributed by atoms with Gasteiger partial charge in [0, 0.05) is 13.0 Å². The zero-order valence-corrected chi connectivity index (χ0v) is 16.4. The third kappa shape index (κ3) is 5.31. The summed E-state index contributed by atoms with van der Waals surface area (Å²) in [6, 6.07) is 10.3. The molecule has 1 aromatic heterocycles. The van der Waals surface area contributed by atoms with E-state index in [1.807, 2.05) is 18.2 Å². The Bertz CT molecular complexity index is 884. The molecule has 2 N–H and O–H groups in total. The summed E-state index contributed by atoms with van der Waals surface area (Å²) >= 11 is 0. The molecule has 2 rings (SSSR count). The van der Waals surface area contributed by atoms with Crippen molar-refractivity contribution in [2.45, 2.75) is 52.4 Å². The van der Waals surface area contributed by atoms with Gasteiger partial charge in [-0.1, -0.05) is 50.6 Å². The molecule has 0 aliphatic rings. The number of hydrogen-bond donors (Lipinski definition) is 2. The average Bonchev–Trinajstić information content (AvgIpc) is 2.69. The summed E-state index contributed by atoms with van der Waals surface area (Å²) in [5.74, 6) is -1.91. The number of carbonyl (C=O) groups is 1. The van der Waals surface area contributed by atoms with Gasteiger partial charge in [-0.25, -0.2) is 4.79 Å². The second-order valence-corrected chi connectivity index (χ2v) is 6.55. The number of Topliss-reactive ketones (excluding diaryl/α,β-unsaturated/α-hetero) is 1. The predicted octanol–water partition coefficient (Wildman–Crippen LogP) is 4.26. The van der Waals surface area contributed by atoms with Crippen LogP contribution in [0.25, 0.3) is 0 Å². The van der Waals surface area contributed by atoms with Gasteiger partial charge in [-0.15, -0.1) is 0 Å². The molecule has 6 heteroatoms. The lowest BCUT2D eigenvalue weighted by molar-refractivity contribution is 0.0976. The van der Waals surface area contributed by atoms with Crippen LogP contribution in [0.5, 0.6) is 11.7 Å². The molecule has 0 saturated carbocycles. The quantitative estimate of drug-likeness (QED) is 0.362. The number of nitrogens with zero attached hydrogens (tertiary/aromatic N) is 1. The van der Waals surface area contributed by atoms with Crippen LogP contribution in [0.15, 0.2) is 44.5 Å². The molecule has 1 heterocycles. The van der Waals surface area contributed by atoms with Crippen LogP contribution in [-0.2, 0) is 6.42 Å². The largest absolute Gasteiger partial charge is 0.506 e. The van der Waals surface area contributed by atoms with Crippen molar-refractivity contribution in [2.24, 2.45) is 4.99 Å². The van der Waals surface area contributed by atoms with E-state index in [0.29, 0.717) is 18.7 Å². The third-order valence-corrected chi connectivity index (χ3v) is 4.57. The second-order valence-electron chi connectivity index (χ2n) is 6.55. The first kappa shape index (κ1) is 21.4. The van der Waals surface area contributed by atoms with Gasteiger partial charge in [0.15, 0.2) is 5.78 Å². The molecule has 0 fully saturated rings. The topological polar surface area (TPSA) is 100 Å². The van der Waals surface area contributed by atoms with E-state index in [2.05, 4.69) is 17.1 Å². The minimum absolute atomic E-state index is 0.0638. The number of benzene rings is 1. The first-order chi connectivity index (χ1) is 13.5. The number of aromatic hydroxyl groups is 2. The van der Waals surface area contributed by atoms with Crippen molar-refractivity contribution in [1.82, 2.24) is 0 Å². The number of hydrogen-bond acceptors (Lipinski definition) is 6. The Morgan fingerprint density at radius 2 is 1.71 bits per heavy atom. The number of unbranched alkanes of at least 4 members (excludes halogenated alkanes) is 2. The summed E-state index contributed by atoms with van der Waals surface area (Å²) in [6.07, 6.45) is 4.35. The van der Waals surface area contributed by atoms with Crippen molar-refractivity contribution >= 4 is 11.5 Å². The highest BCUT2D eigenvalue weighted by Crippen LogP contribution is 2.30. The van der Waals surface area contributed by atoms with Gasteiger partial charge < -0.3 is 14.6 Å². The lowest BCUT2D eigenvalue weighted by Gasteiger charge is -2.10. The van der Waals surface area contributed by atoms with Crippen molar-refractivity contribution in [3.8, 4) is 11.7 Å². The Morgan fingerprint density at radius 1 is 1.00 bits per heavy atom. The molecule has 28 heavy (non-hydrogen) atoms. The molecular weight excluding hydrogens is 358 g/mol. The zero-order chi connectivity index (χ0) is 20.5. The van der Waals surface area contributed by atoms with Crippen molar-refractivity contribution < 1.29 is 19.4 Å². The minimum Gasteiger partial charge on any atom is -0.506 e. The van der Waals surface area contributed by atoms with E-state index in [0.717, 1.165) is 25.7 Å². The smallest absolute Gasteiger partial charge is 0.351 e. The summed E-state index contributed by atoms with van der Waals surface area (Å²) in [5, 5.41) is 20.1. The van der Waals surface area contributed by atoms with Crippen LogP contribution >= 0.6 is 0 Å². The van der Waals surface area contributed by atoms with E-state index in [4.69, 9.17) is 4.42 Å². The van der Waals surface area contributed by atoms with Gasteiger partial charge in [0.25, 0.3) is 5.95 Å². The molecule has 0 amide bonds. The molecule has 150 valence electrons. The predicted molar refractivity (Wildman–Crippen MR) is 109 cm³/mol. The number of aliphatic imine (C=N–C) groups is 1. The van der Waals surface area contributed by atoms with E-state index >= 15 is 0 Å². The molecule has 2 aromatic rings. The molecular formula is C22H27NO5. The van der Waals surface area contributed by atoms with Gasteiger partial charge >= 0.3 is 5.63 Å². The van der Waals surface area contributed by atoms with Gasteiger partial charge in [-0.2, -0.15) is 0 Å². The number of ketones is 1. The lowest BCUT2D eigenvalue weighted by atomic mass is 10.0. The van der Waals surface area contributed by atoms with Crippen LogP contribution in [0.1, 0.15) is 67.4 Å². The number of rotatable bonds is 10. The molecule has 1 aromatic carbocycles. The highest BCUT2D eigenvalue weighted by atomic mass is 16.5. The fraction of sp³-hybridized carbons (Fsp3) is 0.409. The first-order valence-corrected chi connectivity index (χ1v) is 9.69. The molecule has 0 saturated heterocycles. The normalized spacial score (nSPS) is 11.6. The highest BCUT2D eigenvalue weighted by molar-refractivity contribution is 6.07. The Balaban J connectivity index is 2.05. The van der Waals surface area contributed by atoms with Crippen molar-refractivity contribution in [1.29, 1.82) is 0 Å². The maximum absolute atomic E-state index is 12.1. The maximum atomic E-state index is 12.1. The first-order valence-electron chi connectivity index (χ1n) is 9.69. The van der Waals surface area contributed by atoms with Gasteiger partial charge in [-0.05, 0) is 31.2 Å². The van der Waals surface area contributed by atoms with E-state index in [-0.39, 0.29) is 17.5 Å². The molecule has 0 unspecified atom stereocenters.